The Bertz CT molecular complexity index is 626. The first-order valence-corrected chi connectivity index (χ1v) is 5.77. The van der Waals surface area contributed by atoms with Crippen LogP contribution in [0, 0.1) is 24.0 Å². The van der Waals surface area contributed by atoms with Crippen LogP contribution in [0.25, 0.3) is 0 Å². The first-order valence-electron chi connectivity index (χ1n) is 5.40. The summed E-state index contributed by atoms with van der Waals surface area (Å²) in [5.74, 6) is 0.615. The summed E-state index contributed by atoms with van der Waals surface area (Å²) in [4.78, 5) is 18.1. The minimum Gasteiger partial charge on any atom is -0.438 e. The van der Waals surface area contributed by atoms with E-state index in [4.69, 9.17) is 16.3 Å². The monoisotopic (exact) mass is 279 g/mol. The van der Waals surface area contributed by atoms with Crippen molar-refractivity contribution >= 4 is 17.3 Å². The van der Waals surface area contributed by atoms with Crippen molar-refractivity contribution in [2.45, 2.75) is 13.8 Å². The normalized spacial score (nSPS) is 10.3. The molecule has 0 aliphatic rings. The van der Waals surface area contributed by atoms with Gasteiger partial charge in [0.25, 0.3) is 5.69 Å². The van der Waals surface area contributed by atoms with Crippen molar-refractivity contribution < 1.29 is 9.66 Å². The van der Waals surface area contributed by atoms with Crippen LogP contribution in [0.1, 0.15) is 11.3 Å². The van der Waals surface area contributed by atoms with E-state index in [9.17, 15) is 10.1 Å². The van der Waals surface area contributed by atoms with Crippen molar-refractivity contribution in [2.75, 3.05) is 0 Å². The van der Waals surface area contributed by atoms with Gasteiger partial charge in [0.05, 0.1) is 11.0 Å². The third-order valence-corrected chi connectivity index (χ3v) is 2.57. The summed E-state index contributed by atoms with van der Waals surface area (Å²) in [6.45, 7) is 3.54. The zero-order valence-electron chi connectivity index (χ0n) is 10.3. The van der Waals surface area contributed by atoms with E-state index in [1.165, 1.54) is 12.1 Å². The summed E-state index contributed by atoms with van der Waals surface area (Å²) in [7, 11) is 0. The van der Waals surface area contributed by atoms with Crippen LogP contribution in [0.5, 0.6) is 11.6 Å². The van der Waals surface area contributed by atoms with Crippen LogP contribution >= 0.6 is 11.6 Å². The zero-order valence-corrected chi connectivity index (χ0v) is 11.0. The number of rotatable bonds is 3. The second kappa shape index (κ2) is 5.19. The fourth-order valence-corrected chi connectivity index (χ4v) is 1.70. The molecule has 0 bridgehead atoms. The molecule has 0 radical (unpaired) electrons. The number of benzene rings is 1. The summed E-state index contributed by atoms with van der Waals surface area (Å²) in [5, 5.41) is 10.8. The van der Waals surface area contributed by atoms with Gasteiger partial charge in [0.1, 0.15) is 5.75 Å². The number of hydrogen-bond acceptors (Lipinski definition) is 5. The lowest BCUT2D eigenvalue weighted by Crippen LogP contribution is -1.95. The van der Waals surface area contributed by atoms with Crippen molar-refractivity contribution in [2.24, 2.45) is 0 Å². The standard InChI is InChI=1S/C12H10ClN3O3/c1-7-3-4-9(16(17)18)6-10(7)19-11-5-8(2)14-12(13)15-11/h3-6H,1-2H3. The highest BCUT2D eigenvalue weighted by Gasteiger charge is 2.11. The predicted octanol–water partition coefficient (Wildman–Crippen LogP) is 3.45. The lowest BCUT2D eigenvalue weighted by Gasteiger charge is -2.08. The average molecular weight is 280 g/mol. The lowest BCUT2D eigenvalue weighted by molar-refractivity contribution is -0.384. The third-order valence-electron chi connectivity index (χ3n) is 2.40. The van der Waals surface area contributed by atoms with Crippen LogP contribution in [0.15, 0.2) is 24.3 Å². The van der Waals surface area contributed by atoms with Gasteiger partial charge in [0, 0.05) is 17.8 Å². The Kier molecular flexibility index (Phi) is 3.62. The quantitative estimate of drug-likeness (QED) is 0.488. The first kappa shape index (κ1) is 13.2. The second-order valence-electron chi connectivity index (χ2n) is 3.93. The number of nitro groups is 1. The van der Waals surface area contributed by atoms with E-state index in [1.807, 2.05) is 0 Å². The molecule has 0 unspecified atom stereocenters. The minimum absolute atomic E-state index is 0.0440. The molecule has 0 N–H and O–H groups in total. The zero-order chi connectivity index (χ0) is 14.0. The maximum atomic E-state index is 10.7. The molecular weight excluding hydrogens is 270 g/mol. The molecule has 7 heteroatoms. The van der Waals surface area contributed by atoms with Crippen LogP contribution < -0.4 is 4.74 Å². The van der Waals surface area contributed by atoms with Gasteiger partial charge in [-0.05, 0) is 37.1 Å². The Morgan fingerprint density at radius 1 is 1.26 bits per heavy atom. The number of nitrogens with zero attached hydrogens (tertiary/aromatic N) is 3. The molecule has 0 amide bonds. The molecule has 1 aromatic carbocycles. The maximum Gasteiger partial charge on any atom is 0.273 e. The topological polar surface area (TPSA) is 78.2 Å². The van der Waals surface area contributed by atoms with Crippen molar-refractivity contribution in [3.63, 3.8) is 0 Å². The largest absolute Gasteiger partial charge is 0.438 e. The van der Waals surface area contributed by atoms with E-state index in [-0.39, 0.29) is 16.9 Å². The predicted molar refractivity (Wildman–Crippen MR) is 69.7 cm³/mol. The fraction of sp³-hybridized carbons (Fsp3) is 0.167. The number of ether oxygens (including phenoxy) is 1. The van der Waals surface area contributed by atoms with Gasteiger partial charge in [-0.25, -0.2) is 4.98 Å². The van der Waals surface area contributed by atoms with Gasteiger partial charge in [0.15, 0.2) is 0 Å². The Morgan fingerprint density at radius 2 is 2.00 bits per heavy atom. The summed E-state index contributed by atoms with van der Waals surface area (Å²) >= 11 is 5.73. The smallest absolute Gasteiger partial charge is 0.273 e. The van der Waals surface area contributed by atoms with E-state index in [1.54, 1.807) is 26.0 Å². The maximum absolute atomic E-state index is 10.7. The summed E-state index contributed by atoms with van der Waals surface area (Å²) in [6, 6.07) is 5.98. The van der Waals surface area contributed by atoms with Gasteiger partial charge in [0.2, 0.25) is 11.2 Å². The molecule has 0 atom stereocenters. The van der Waals surface area contributed by atoms with Crippen molar-refractivity contribution in [1.29, 1.82) is 0 Å². The van der Waals surface area contributed by atoms with Gasteiger partial charge in [-0.15, -0.1) is 0 Å². The van der Waals surface area contributed by atoms with E-state index in [0.29, 0.717) is 11.4 Å². The number of hydrogen-bond donors (Lipinski definition) is 0. The van der Waals surface area contributed by atoms with Crippen LogP contribution in [0.2, 0.25) is 5.28 Å². The van der Waals surface area contributed by atoms with Crippen LogP contribution in [0.3, 0.4) is 0 Å². The third kappa shape index (κ3) is 3.17. The fourth-order valence-electron chi connectivity index (χ4n) is 1.48. The number of halogens is 1. The molecule has 0 aliphatic heterocycles. The highest BCUT2D eigenvalue weighted by Crippen LogP contribution is 2.28. The molecule has 0 aliphatic carbocycles. The van der Waals surface area contributed by atoms with Gasteiger partial charge >= 0.3 is 0 Å². The van der Waals surface area contributed by atoms with E-state index < -0.39 is 4.92 Å². The molecule has 2 aromatic rings. The molecule has 0 saturated heterocycles. The number of nitro benzene ring substituents is 1. The van der Waals surface area contributed by atoms with Gasteiger partial charge in [-0.1, -0.05) is 0 Å². The van der Waals surface area contributed by atoms with Crippen LogP contribution in [-0.2, 0) is 0 Å². The highest BCUT2D eigenvalue weighted by molar-refractivity contribution is 6.28. The van der Waals surface area contributed by atoms with Gasteiger partial charge in [-0.3, -0.25) is 10.1 Å². The number of aromatic nitrogens is 2. The molecule has 1 heterocycles. The van der Waals surface area contributed by atoms with Crippen molar-refractivity contribution in [1.82, 2.24) is 9.97 Å². The minimum atomic E-state index is -0.482. The SMILES string of the molecule is Cc1cc(Oc2cc([N+](=O)[O-])ccc2C)nc(Cl)n1. The molecule has 1 aromatic heterocycles. The molecule has 98 valence electrons. The number of aryl methyl sites for hydroxylation is 2. The first-order chi connectivity index (χ1) is 8.95. The Labute approximate surface area is 114 Å². The molecule has 2 rings (SSSR count). The Morgan fingerprint density at radius 3 is 2.63 bits per heavy atom. The average Bonchev–Trinajstić information content (AvgIpc) is 2.30. The Balaban J connectivity index is 2.37. The molecule has 0 spiro atoms. The number of non-ortho nitro benzene ring substituents is 1. The molecule has 0 saturated carbocycles. The second-order valence-corrected chi connectivity index (χ2v) is 4.26. The summed E-state index contributed by atoms with van der Waals surface area (Å²) in [6.07, 6.45) is 0. The molecular formula is C12H10ClN3O3. The molecule has 19 heavy (non-hydrogen) atoms. The summed E-state index contributed by atoms with van der Waals surface area (Å²) < 4.78 is 5.52. The Hall–Kier alpha value is -2.21. The summed E-state index contributed by atoms with van der Waals surface area (Å²) in [5.41, 5.74) is 1.37. The van der Waals surface area contributed by atoms with Gasteiger partial charge in [-0.2, -0.15) is 4.98 Å². The molecule has 0 fully saturated rings. The van der Waals surface area contributed by atoms with Crippen LogP contribution in [-0.4, -0.2) is 14.9 Å². The van der Waals surface area contributed by atoms with Crippen molar-refractivity contribution in [3.05, 3.63) is 50.9 Å². The molecule has 6 nitrogen and oxygen atoms in total. The van der Waals surface area contributed by atoms with E-state index >= 15 is 0 Å². The highest BCUT2D eigenvalue weighted by atomic mass is 35.5. The van der Waals surface area contributed by atoms with E-state index in [2.05, 4.69) is 9.97 Å². The lowest BCUT2D eigenvalue weighted by atomic mass is 10.2. The van der Waals surface area contributed by atoms with Gasteiger partial charge < -0.3 is 4.74 Å². The van der Waals surface area contributed by atoms with Crippen molar-refractivity contribution in [3.8, 4) is 11.6 Å². The van der Waals surface area contributed by atoms with E-state index in [0.717, 1.165) is 5.56 Å². The van der Waals surface area contributed by atoms with Crippen LogP contribution in [0.4, 0.5) is 5.69 Å².